The van der Waals surface area contributed by atoms with Crippen molar-refractivity contribution in [3.8, 4) is 11.5 Å². The van der Waals surface area contributed by atoms with Gasteiger partial charge in [-0.05, 0) is 42.0 Å². The number of ether oxygens (including phenoxy) is 3. The number of methoxy groups -OCH3 is 1. The Hall–Kier alpha value is -3.55. The monoisotopic (exact) mass is 384 g/mol. The molecule has 0 aliphatic carbocycles. The molecule has 28 heavy (non-hydrogen) atoms. The van der Waals surface area contributed by atoms with Gasteiger partial charge in [0.1, 0.15) is 24.7 Å². The lowest BCUT2D eigenvalue weighted by atomic mass is 10.1. The number of hydrogen-bond donors (Lipinski definition) is 1. The van der Waals surface area contributed by atoms with Gasteiger partial charge in [0, 0.05) is 0 Å². The summed E-state index contributed by atoms with van der Waals surface area (Å²) in [6.07, 6.45) is 0. The van der Waals surface area contributed by atoms with Gasteiger partial charge in [0.25, 0.3) is 0 Å². The van der Waals surface area contributed by atoms with Gasteiger partial charge in [-0.3, -0.25) is 9.69 Å². The molecule has 2 aromatic carbocycles. The van der Waals surface area contributed by atoms with E-state index in [4.69, 9.17) is 14.2 Å². The molecule has 0 atom stereocenters. The number of rotatable bonds is 8. The first-order valence-corrected chi connectivity index (χ1v) is 8.68. The van der Waals surface area contributed by atoms with Crippen LogP contribution in [0.25, 0.3) is 0 Å². The number of nitrogens with one attached hydrogen (secondary N) is 1. The van der Waals surface area contributed by atoms with Gasteiger partial charge in [0.2, 0.25) is 5.91 Å². The number of carbonyl (C=O) groups is 3. The zero-order chi connectivity index (χ0) is 19.9. The van der Waals surface area contributed by atoms with E-state index in [-0.39, 0.29) is 32.2 Å². The first-order valence-electron chi connectivity index (χ1n) is 8.68. The Bertz CT molecular complexity index is 849. The van der Waals surface area contributed by atoms with Crippen molar-refractivity contribution in [2.24, 2.45) is 0 Å². The molecule has 146 valence electrons. The predicted octanol–water partition coefficient (Wildman–Crippen LogP) is 1.98. The first kappa shape index (κ1) is 19.2. The molecule has 0 spiro atoms. The number of carbonyl (C=O) groups excluding carboxylic acids is 3. The van der Waals surface area contributed by atoms with Crippen LogP contribution in [0.1, 0.15) is 15.9 Å². The molecule has 0 aromatic heterocycles. The molecule has 1 N–H and O–H groups in total. The molecule has 0 bridgehead atoms. The van der Waals surface area contributed by atoms with E-state index in [0.29, 0.717) is 16.9 Å². The zero-order valence-corrected chi connectivity index (χ0v) is 15.3. The largest absolute Gasteiger partial charge is 0.497 e. The van der Waals surface area contributed by atoms with Crippen molar-refractivity contribution >= 4 is 17.9 Å². The first-order chi connectivity index (χ1) is 13.6. The molecule has 2 aromatic rings. The van der Waals surface area contributed by atoms with Crippen LogP contribution < -0.4 is 14.8 Å². The molecule has 1 aliphatic rings. The van der Waals surface area contributed by atoms with Crippen molar-refractivity contribution in [2.45, 2.75) is 6.54 Å². The van der Waals surface area contributed by atoms with Crippen LogP contribution in [0.2, 0.25) is 0 Å². The Kier molecular flexibility index (Phi) is 6.11. The minimum Gasteiger partial charge on any atom is -0.497 e. The molecule has 3 rings (SSSR count). The van der Waals surface area contributed by atoms with Gasteiger partial charge in [-0.1, -0.05) is 12.1 Å². The summed E-state index contributed by atoms with van der Waals surface area (Å²) in [5, 5.41) is 2.46. The molecule has 0 unspecified atom stereocenters. The maximum absolute atomic E-state index is 12.2. The van der Waals surface area contributed by atoms with Gasteiger partial charge in [-0.15, -0.1) is 0 Å². The van der Waals surface area contributed by atoms with Crippen LogP contribution in [0.15, 0.2) is 48.5 Å². The highest BCUT2D eigenvalue weighted by atomic mass is 16.6. The van der Waals surface area contributed by atoms with Crippen LogP contribution in [0.3, 0.4) is 0 Å². The summed E-state index contributed by atoms with van der Waals surface area (Å²) in [5.74, 6) is 0.574. The number of imide groups is 1. The quantitative estimate of drug-likeness (QED) is 0.425. The zero-order valence-electron chi connectivity index (χ0n) is 15.3. The van der Waals surface area contributed by atoms with Crippen molar-refractivity contribution in [1.82, 2.24) is 10.2 Å². The fourth-order valence-corrected chi connectivity index (χ4v) is 2.64. The minimum absolute atomic E-state index is 0.00520. The van der Waals surface area contributed by atoms with Crippen LogP contribution >= 0.6 is 0 Å². The summed E-state index contributed by atoms with van der Waals surface area (Å²) in [7, 11) is 1.59. The number of hydrogen-bond acceptors (Lipinski definition) is 6. The SMILES string of the molecule is COc1ccc(OCCOC(=O)c2cccc(CN3C(=O)CNC3=O)c2)cc1. The van der Waals surface area contributed by atoms with E-state index in [1.165, 1.54) is 0 Å². The number of amides is 3. The van der Waals surface area contributed by atoms with E-state index in [1.54, 1.807) is 55.6 Å². The second-order valence-electron chi connectivity index (χ2n) is 6.00. The van der Waals surface area contributed by atoms with Gasteiger partial charge < -0.3 is 19.5 Å². The third kappa shape index (κ3) is 4.79. The molecule has 0 radical (unpaired) electrons. The average Bonchev–Trinajstić information content (AvgIpc) is 3.03. The van der Waals surface area contributed by atoms with Gasteiger partial charge in [-0.2, -0.15) is 0 Å². The Morgan fingerprint density at radius 2 is 1.82 bits per heavy atom. The van der Waals surface area contributed by atoms with E-state index in [0.717, 1.165) is 10.6 Å². The van der Waals surface area contributed by atoms with Crippen LogP contribution in [-0.2, 0) is 16.1 Å². The van der Waals surface area contributed by atoms with Crippen LogP contribution in [-0.4, -0.2) is 49.7 Å². The molecular formula is C20H20N2O6. The van der Waals surface area contributed by atoms with Crippen LogP contribution in [0.5, 0.6) is 11.5 Å². The predicted molar refractivity (Wildman–Crippen MR) is 99.2 cm³/mol. The minimum atomic E-state index is -0.502. The van der Waals surface area contributed by atoms with Crippen LogP contribution in [0, 0.1) is 0 Å². The Labute approximate surface area is 162 Å². The maximum Gasteiger partial charge on any atom is 0.338 e. The van der Waals surface area contributed by atoms with Crippen molar-refractivity contribution in [1.29, 1.82) is 0 Å². The summed E-state index contributed by atoms with van der Waals surface area (Å²) in [6.45, 7) is 0.392. The van der Waals surface area contributed by atoms with E-state index < -0.39 is 12.0 Å². The Balaban J connectivity index is 1.48. The topological polar surface area (TPSA) is 94.2 Å². The average molecular weight is 384 g/mol. The van der Waals surface area contributed by atoms with E-state index in [9.17, 15) is 14.4 Å². The summed E-state index contributed by atoms with van der Waals surface area (Å²) in [5.41, 5.74) is 1.00. The third-order valence-corrected chi connectivity index (χ3v) is 4.09. The standard InChI is InChI=1S/C20H20N2O6/c1-26-16-5-7-17(8-6-16)27-9-10-28-19(24)15-4-2-3-14(11-15)13-22-18(23)12-21-20(22)25/h2-8,11H,9-10,12-13H2,1H3,(H,21,25). The van der Waals surface area contributed by atoms with Gasteiger partial charge in [0.05, 0.1) is 25.8 Å². The van der Waals surface area contributed by atoms with Gasteiger partial charge in [-0.25, -0.2) is 9.59 Å². The summed E-state index contributed by atoms with van der Waals surface area (Å²) < 4.78 is 15.8. The lowest BCUT2D eigenvalue weighted by Gasteiger charge is -2.13. The molecular weight excluding hydrogens is 364 g/mol. The highest BCUT2D eigenvalue weighted by Gasteiger charge is 2.28. The fraction of sp³-hybridized carbons (Fsp3) is 0.250. The van der Waals surface area contributed by atoms with Crippen LogP contribution in [0.4, 0.5) is 4.79 Å². The summed E-state index contributed by atoms with van der Waals surface area (Å²) >= 11 is 0. The third-order valence-electron chi connectivity index (χ3n) is 4.09. The van der Waals surface area contributed by atoms with Crippen molar-refractivity contribution in [2.75, 3.05) is 26.9 Å². The molecule has 8 nitrogen and oxygen atoms in total. The molecule has 8 heteroatoms. The molecule has 1 saturated heterocycles. The van der Waals surface area contributed by atoms with E-state index in [1.807, 2.05) is 0 Å². The molecule has 3 amide bonds. The second-order valence-corrected chi connectivity index (χ2v) is 6.00. The Morgan fingerprint density at radius 3 is 2.50 bits per heavy atom. The normalized spacial score (nSPS) is 13.2. The van der Waals surface area contributed by atoms with Crippen molar-refractivity contribution in [3.05, 3.63) is 59.7 Å². The lowest BCUT2D eigenvalue weighted by molar-refractivity contribution is -0.125. The second kappa shape index (κ2) is 8.90. The highest BCUT2D eigenvalue weighted by molar-refractivity contribution is 6.01. The van der Waals surface area contributed by atoms with Crippen molar-refractivity contribution in [3.63, 3.8) is 0 Å². The Morgan fingerprint density at radius 1 is 1.07 bits per heavy atom. The summed E-state index contributed by atoms with van der Waals surface area (Å²) in [4.78, 5) is 36.6. The maximum atomic E-state index is 12.2. The molecule has 1 heterocycles. The van der Waals surface area contributed by atoms with Gasteiger partial charge >= 0.3 is 12.0 Å². The van der Waals surface area contributed by atoms with Crippen molar-refractivity contribution < 1.29 is 28.6 Å². The molecule has 0 saturated carbocycles. The van der Waals surface area contributed by atoms with E-state index in [2.05, 4.69) is 5.32 Å². The number of esters is 1. The smallest absolute Gasteiger partial charge is 0.338 e. The molecule has 1 fully saturated rings. The molecule has 1 aliphatic heterocycles. The number of benzene rings is 2. The van der Waals surface area contributed by atoms with E-state index >= 15 is 0 Å². The highest BCUT2D eigenvalue weighted by Crippen LogP contribution is 2.17. The lowest BCUT2D eigenvalue weighted by Crippen LogP contribution is -2.30. The number of nitrogens with zero attached hydrogens (tertiary/aromatic N) is 1. The fourth-order valence-electron chi connectivity index (χ4n) is 2.64. The van der Waals surface area contributed by atoms with Gasteiger partial charge in [0.15, 0.2) is 0 Å². The number of urea groups is 1. The summed E-state index contributed by atoms with van der Waals surface area (Å²) in [6, 6.07) is 13.3.